The molecule has 2 aromatic rings. The van der Waals surface area contributed by atoms with Crippen LogP contribution in [0.3, 0.4) is 0 Å². The number of likely N-dealkylation sites (tertiary alicyclic amines) is 1. The Morgan fingerprint density at radius 1 is 1.35 bits per heavy atom. The van der Waals surface area contributed by atoms with Gasteiger partial charge in [0.15, 0.2) is 11.6 Å². The number of hydrogen-bond donors (Lipinski definition) is 1. The molecule has 1 aromatic heterocycles. The molecular weight excluding hydrogens is 302 g/mol. The number of carbonyl (C=O) groups is 1. The Kier molecular flexibility index (Phi) is 4.38. The second-order valence-corrected chi connectivity index (χ2v) is 5.69. The van der Waals surface area contributed by atoms with Crippen LogP contribution in [0, 0.1) is 11.6 Å². The van der Waals surface area contributed by atoms with Crippen molar-refractivity contribution >= 4 is 11.6 Å². The molecule has 5 nitrogen and oxygen atoms in total. The minimum Gasteiger partial charge on any atom is -0.325 e. The number of hydrogen-bond acceptors (Lipinski definition) is 3. The summed E-state index contributed by atoms with van der Waals surface area (Å²) < 4.78 is 27.9. The fourth-order valence-electron chi connectivity index (χ4n) is 3.02. The highest BCUT2D eigenvalue weighted by molar-refractivity contribution is 5.92. The summed E-state index contributed by atoms with van der Waals surface area (Å²) in [6.07, 6.45) is 3.72. The molecule has 7 heteroatoms. The highest BCUT2D eigenvalue weighted by Gasteiger charge is 2.29. The molecule has 1 unspecified atom stereocenters. The van der Waals surface area contributed by atoms with Gasteiger partial charge < -0.3 is 5.32 Å². The first kappa shape index (κ1) is 15.6. The summed E-state index contributed by atoms with van der Waals surface area (Å²) in [5, 5.41) is 6.78. The third-order valence-corrected chi connectivity index (χ3v) is 4.11. The zero-order chi connectivity index (χ0) is 16.4. The van der Waals surface area contributed by atoms with E-state index in [-0.39, 0.29) is 24.2 Å². The Labute approximate surface area is 132 Å². The smallest absolute Gasteiger partial charge is 0.238 e. The molecule has 0 bridgehead atoms. The predicted molar refractivity (Wildman–Crippen MR) is 81.7 cm³/mol. The van der Waals surface area contributed by atoms with Crippen molar-refractivity contribution < 1.29 is 13.6 Å². The minimum atomic E-state index is -0.975. The average molecular weight is 320 g/mol. The van der Waals surface area contributed by atoms with Gasteiger partial charge in [-0.15, -0.1) is 0 Å². The normalized spacial score (nSPS) is 18.3. The SMILES string of the molecule is Cn1nccc1C1CCCN1CC(=O)Nc1ccc(F)c(F)c1. The monoisotopic (exact) mass is 320 g/mol. The lowest BCUT2D eigenvalue weighted by Gasteiger charge is -2.24. The number of carbonyl (C=O) groups excluding carboxylic acids is 1. The molecule has 1 atom stereocenters. The van der Waals surface area contributed by atoms with Crippen LogP contribution >= 0.6 is 0 Å². The van der Waals surface area contributed by atoms with Gasteiger partial charge >= 0.3 is 0 Å². The molecule has 0 aliphatic carbocycles. The number of benzene rings is 1. The van der Waals surface area contributed by atoms with Crippen molar-refractivity contribution in [3.8, 4) is 0 Å². The quantitative estimate of drug-likeness (QED) is 0.941. The van der Waals surface area contributed by atoms with Crippen LogP contribution in [0.25, 0.3) is 0 Å². The lowest BCUT2D eigenvalue weighted by Crippen LogP contribution is -2.33. The van der Waals surface area contributed by atoms with E-state index in [1.54, 1.807) is 6.20 Å². The van der Waals surface area contributed by atoms with Crippen LogP contribution in [0.15, 0.2) is 30.5 Å². The molecule has 1 aliphatic rings. The van der Waals surface area contributed by atoms with Crippen molar-refractivity contribution in [2.75, 3.05) is 18.4 Å². The van der Waals surface area contributed by atoms with Crippen molar-refractivity contribution in [1.29, 1.82) is 0 Å². The number of rotatable bonds is 4. The molecule has 0 saturated carbocycles. The number of nitrogens with one attached hydrogen (secondary N) is 1. The van der Waals surface area contributed by atoms with Crippen LogP contribution in [-0.4, -0.2) is 33.7 Å². The van der Waals surface area contributed by atoms with Gasteiger partial charge in [0.2, 0.25) is 5.91 Å². The summed E-state index contributed by atoms with van der Waals surface area (Å²) in [7, 11) is 1.88. The van der Waals surface area contributed by atoms with Gasteiger partial charge in [-0.2, -0.15) is 5.10 Å². The van der Waals surface area contributed by atoms with Gasteiger partial charge in [-0.25, -0.2) is 8.78 Å². The topological polar surface area (TPSA) is 50.2 Å². The van der Waals surface area contributed by atoms with Gasteiger partial charge in [0, 0.05) is 25.0 Å². The van der Waals surface area contributed by atoms with E-state index >= 15 is 0 Å². The van der Waals surface area contributed by atoms with E-state index in [0.717, 1.165) is 37.2 Å². The number of amides is 1. The standard InChI is InChI=1S/C16H18F2N4O/c1-21-14(6-7-19-21)15-3-2-8-22(15)10-16(23)20-11-4-5-12(17)13(18)9-11/h4-7,9,15H,2-3,8,10H2,1H3,(H,20,23). The summed E-state index contributed by atoms with van der Waals surface area (Å²) in [6.45, 7) is 1.02. The molecular formula is C16H18F2N4O. The molecule has 3 rings (SSSR count). The maximum Gasteiger partial charge on any atom is 0.238 e. The largest absolute Gasteiger partial charge is 0.325 e. The number of anilines is 1. The van der Waals surface area contributed by atoms with Crippen molar-refractivity contribution in [2.45, 2.75) is 18.9 Å². The van der Waals surface area contributed by atoms with E-state index < -0.39 is 11.6 Å². The summed E-state index contributed by atoms with van der Waals surface area (Å²) in [5.41, 5.74) is 1.33. The molecule has 1 aliphatic heterocycles. The van der Waals surface area contributed by atoms with Gasteiger partial charge in [0.1, 0.15) is 0 Å². The van der Waals surface area contributed by atoms with Crippen LogP contribution in [0.1, 0.15) is 24.6 Å². The molecule has 0 spiro atoms. The van der Waals surface area contributed by atoms with E-state index in [9.17, 15) is 13.6 Å². The van der Waals surface area contributed by atoms with Crippen molar-refractivity contribution in [3.63, 3.8) is 0 Å². The van der Waals surface area contributed by atoms with Crippen LogP contribution in [0.4, 0.5) is 14.5 Å². The second-order valence-electron chi connectivity index (χ2n) is 5.69. The summed E-state index contributed by atoms with van der Waals surface area (Å²) in [5.74, 6) is -2.15. The predicted octanol–water partition coefficient (Wildman–Crippen LogP) is 2.47. The zero-order valence-electron chi connectivity index (χ0n) is 12.8. The fourth-order valence-corrected chi connectivity index (χ4v) is 3.02. The average Bonchev–Trinajstić information content (AvgIpc) is 3.11. The zero-order valence-corrected chi connectivity index (χ0v) is 12.8. The first-order chi connectivity index (χ1) is 11.0. The summed E-state index contributed by atoms with van der Waals surface area (Å²) >= 11 is 0. The first-order valence-electron chi connectivity index (χ1n) is 7.51. The van der Waals surface area contributed by atoms with Crippen molar-refractivity contribution in [2.24, 2.45) is 7.05 Å². The Hall–Kier alpha value is -2.28. The van der Waals surface area contributed by atoms with E-state index in [0.29, 0.717) is 0 Å². The number of aromatic nitrogens is 2. The third-order valence-electron chi connectivity index (χ3n) is 4.11. The van der Waals surface area contributed by atoms with E-state index in [4.69, 9.17) is 0 Å². The number of aryl methyl sites for hydroxylation is 1. The van der Waals surface area contributed by atoms with Crippen LogP contribution in [0.2, 0.25) is 0 Å². The minimum absolute atomic E-state index is 0.151. The molecule has 1 N–H and O–H groups in total. The van der Waals surface area contributed by atoms with Gasteiger partial charge in [0.05, 0.1) is 18.3 Å². The highest BCUT2D eigenvalue weighted by atomic mass is 19.2. The van der Waals surface area contributed by atoms with E-state index in [2.05, 4.69) is 15.3 Å². The molecule has 2 heterocycles. The molecule has 1 fully saturated rings. The number of nitrogens with zero attached hydrogens (tertiary/aromatic N) is 3. The fraction of sp³-hybridized carbons (Fsp3) is 0.375. The van der Waals surface area contributed by atoms with Crippen LogP contribution in [0.5, 0.6) is 0 Å². The van der Waals surface area contributed by atoms with Crippen LogP contribution < -0.4 is 5.32 Å². The Bertz CT molecular complexity index is 716. The molecule has 0 radical (unpaired) electrons. The van der Waals surface area contributed by atoms with E-state index in [1.807, 2.05) is 17.8 Å². The molecule has 1 amide bonds. The van der Waals surface area contributed by atoms with Gasteiger partial charge in [-0.1, -0.05) is 0 Å². The summed E-state index contributed by atoms with van der Waals surface area (Å²) in [6, 6.07) is 5.43. The van der Waals surface area contributed by atoms with E-state index in [1.165, 1.54) is 6.07 Å². The van der Waals surface area contributed by atoms with Gasteiger partial charge in [-0.05, 0) is 37.6 Å². The van der Waals surface area contributed by atoms with Gasteiger partial charge in [0.25, 0.3) is 0 Å². The molecule has 1 aromatic carbocycles. The van der Waals surface area contributed by atoms with Gasteiger partial charge in [-0.3, -0.25) is 14.4 Å². The maximum atomic E-state index is 13.2. The molecule has 122 valence electrons. The lowest BCUT2D eigenvalue weighted by atomic mass is 10.1. The summed E-state index contributed by atoms with van der Waals surface area (Å²) in [4.78, 5) is 14.2. The lowest BCUT2D eigenvalue weighted by molar-refractivity contribution is -0.117. The van der Waals surface area contributed by atoms with Crippen molar-refractivity contribution in [1.82, 2.24) is 14.7 Å². The highest BCUT2D eigenvalue weighted by Crippen LogP contribution is 2.31. The molecule has 1 saturated heterocycles. The second kappa shape index (κ2) is 6.45. The Morgan fingerprint density at radius 2 is 2.17 bits per heavy atom. The van der Waals surface area contributed by atoms with Crippen LogP contribution in [-0.2, 0) is 11.8 Å². The third kappa shape index (κ3) is 3.39. The maximum absolute atomic E-state index is 13.2. The molecule has 23 heavy (non-hydrogen) atoms. The first-order valence-corrected chi connectivity index (χ1v) is 7.51. The Balaban J connectivity index is 1.65. The van der Waals surface area contributed by atoms with Crippen molar-refractivity contribution in [3.05, 3.63) is 47.8 Å². The Morgan fingerprint density at radius 3 is 2.87 bits per heavy atom. The number of halogens is 2.